The lowest BCUT2D eigenvalue weighted by atomic mass is 10.1. The van der Waals surface area contributed by atoms with Gasteiger partial charge in [0.25, 0.3) is 5.91 Å². The molecule has 1 unspecified atom stereocenters. The fourth-order valence-electron chi connectivity index (χ4n) is 2.05. The van der Waals surface area contributed by atoms with Gasteiger partial charge in [-0.1, -0.05) is 12.1 Å². The van der Waals surface area contributed by atoms with E-state index in [1.165, 1.54) is 0 Å². The number of nitrogens with two attached hydrogens (primary N) is 1. The molecular formula is C13H17BrN2O2. The van der Waals surface area contributed by atoms with E-state index in [0.29, 0.717) is 13.1 Å². The highest BCUT2D eigenvalue weighted by atomic mass is 79.9. The predicted octanol–water partition coefficient (Wildman–Crippen LogP) is 1.92. The Morgan fingerprint density at radius 1 is 1.44 bits per heavy atom. The van der Waals surface area contributed by atoms with Gasteiger partial charge >= 0.3 is 0 Å². The van der Waals surface area contributed by atoms with Crippen LogP contribution >= 0.6 is 15.9 Å². The van der Waals surface area contributed by atoms with Crippen molar-refractivity contribution in [2.45, 2.75) is 18.9 Å². The fourth-order valence-corrected chi connectivity index (χ4v) is 2.55. The summed E-state index contributed by atoms with van der Waals surface area (Å²) in [6.07, 6.45) is 1.89. The zero-order valence-electron chi connectivity index (χ0n) is 10.1. The summed E-state index contributed by atoms with van der Waals surface area (Å²) in [5.74, 6) is 0.00546. The largest absolute Gasteiger partial charge is 0.367 e. The smallest absolute Gasteiger partial charge is 0.253 e. The van der Waals surface area contributed by atoms with Crippen molar-refractivity contribution in [1.29, 1.82) is 0 Å². The molecular weight excluding hydrogens is 296 g/mol. The van der Waals surface area contributed by atoms with Gasteiger partial charge in [-0.2, -0.15) is 0 Å². The van der Waals surface area contributed by atoms with Crippen LogP contribution in [0.15, 0.2) is 28.7 Å². The lowest BCUT2D eigenvalue weighted by Gasteiger charge is -2.33. The maximum Gasteiger partial charge on any atom is 0.253 e. The number of benzene rings is 1. The van der Waals surface area contributed by atoms with Crippen LogP contribution in [0.1, 0.15) is 12.8 Å². The van der Waals surface area contributed by atoms with Crippen molar-refractivity contribution in [2.24, 2.45) is 5.73 Å². The second-order valence-corrected chi connectivity index (χ2v) is 5.17. The summed E-state index contributed by atoms with van der Waals surface area (Å²) in [6, 6.07) is 7.74. The third-order valence-electron chi connectivity index (χ3n) is 3.00. The summed E-state index contributed by atoms with van der Waals surface area (Å²) >= 11 is 3.48. The number of nitrogens with zero attached hydrogens (tertiary/aromatic N) is 1. The average molecular weight is 313 g/mol. The Bertz CT molecular complexity index is 425. The van der Waals surface area contributed by atoms with Gasteiger partial charge in [-0.25, -0.2) is 0 Å². The topological polar surface area (TPSA) is 55.6 Å². The van der Waals surface area contributed by atoms with Gasteiger partial charge in [-0.05, 0) is 47.4 Å². The standard InChI is InChI=1S/C13H17BrN2O2/c14-11-5-1-2-6-12(11)16-8-10(4-3-7-15)18-9-13(16)17/h1-2,5-6,10H,3-4,7-9,15H2. The highest BCUT2D eigenvalue weighted by Gasteiger charge is 2.27. The van der Waals surface area contributed by atoms with Crippen molar-refractivity contribution in [3.63, 3.8) is 0 Å². The van der Waals surface area contributed by atoms with Crippen LogP contribution in [0.25, 0.3) is 0 Å². The molecule has 0 saturated carbocycles. The third-order valence-corrected chi connectivity index (χ3v) is 3.67. The molecule has 1 heterocycles. The van der Waals surface area contributed by atoms with E-state index >= 15 is 0 Å². The molecule has 1 aromatic rings. The molecule has 0 spiro atoms. The van der Waals surface area contributed by atoms with E-state index in [9.17, 15) is 4.79 Å². The Kier molecular flexibility index (Phi) is 4.74. The quantitative estimate of drug-likeness (QED) is 0.924. The zero-order valence-corrected chi connectivity index (χ0v) is 11.7. The predicted molar refractivity (Wildman–Crippen MR) is 74.5 cm³/mol. The summed E-state index contributed by atoms with van der Waals surface area (Å²) in [6.45, 7) is 1.40. The van der Waals surface area contributed by atoms with E-state index in [1.807, 2.05) is 24.3 Å². The Morgan fingerprint density at radius 3 is 2.94 bits per heavy atom. The molecule has 4 nitrogen and oxygen atoms in total. The average Bonchev–Trinajstić information content (AvgIpc) is 2.39. The molecule has 5 heteroatoms. The van der Waals surface area contributed by atoms with Gasteiger partial charge in [-0.3, -0.25) is 4.79 Å². The van der Waals surface area contributed by atoms with Crippen LogP contribution in [0.2, 0.25) is 0 Å². The van der Waals surface area contributed by atoms with Crippen molar-refractivity contribution >= 4 is 27.5 Å². The van der Waals surface area contributed by atoms with Crippen molar-refractivity contribution in [3.8, 4) is 0 Å². The number of para-hydroxylation sites is 1. The van der Waals surface area contributed by atoms with Crippen LogP contribution in [0.4, 0.5) is 5.69 Å². The molecule has 1 aromatic carbocycles. The first-order chi connectivity index (χ1) is 8.72. The second kappa shape index (κ2) is 6.31. The summed E-state index contributed by atoms with van der Waals surface area (Å²) in [5.41, 5.74) is 6.41. The zero-order chi connectivity index (χ0) is 13.0. The first kappa shape index (κ1) is 13.5. The number of amides is 1. The Balaban J connectivity index is 2.10. The van der Waals surface area contributed by atoms with Gasteiger partial charge in [-0.15, -0.1) is 0 Å². The Morgan fingerprint density at radius 2 is 2.22 bits per heavy atom. The maximum atomic E-state index is 11.9. The van der Waals surface area contributed by atoms with E-state index in [1.54, 1.807) is 4.90 Å². The van der Waals surface area contributed by atoms with Crippen molar-refractivity contribution in [1.82, 2.24) is 0 Å². The summed E-state index contributed by atoms with van der Waals surface area (Å²) < 4.78 is 6.45. The maximum absolute atomic E-state index is 11.9. The summed E-state index contributed by atoms with van der Waals surface area (Å²) in [4.78, 5) is 13.7. The van der Waals surface area contributed by atoms with Gasteiger partial charge in [0.15, 0.2) is 0 Å². The molecule has 1 amide bonds. The van der Waals surface area contributed by atoms with Crippen LogP contribution < -0.4 is 10.6 Å². The lowest BCUT2D eigenvalue weighted by molar-refractivity contribution is -0.129. The molecule has 2 N–H and O–H groups in total. The van der Waals surface area contributed by atoms with Gasteiger partial charge in [0, 0.05) is 4.47 Å². The number of rotatable bonds is 4. The van der Waals surface area contributed by atoms with Gasteiger partial charge < -0.3 is 15.4 Å². The highest BCUT2D eigenvalue weighted by molar-refractivity contribution is 9.10. The molecule has 0 bridgehead atoms. The van der Waals surface area contributed by atoms with Gasteiger partial charge in [0.2, 0.25) is 0 Å². The molecule has 2 rings (SSSR count). The minimum atomic E-state index is 0.00546. The third kappa shape index (κ3) is 3.10. The van der Waals surface area contributed by atoms with Crippen LogP contribution in [0.3, 0.4) is 0 Å². The van der Waals surface area contributed by atoms with Crippen LogP contribution in [-0.2, 0) is 9.53 Å². The molecule has 1 aliphatic heterocycles. The highest BCUT2D eigenvalue weighted by Crippen LogP contribution is 2.28. The number of morpholine rings is 1. The molecule has 0 aromatic heterocycles. The van der Waals surface area contributed by atoms with Crippen molar-refractivity contribution in [3.05, 3.63) is 28.7 Å². The number of carbonyl (C=O) groups excluding carboxylic acids is 1. The SMILES string of the molecule is NCCCC1CN(c2ccccc2Br)C(=O)CO1. The number of hydrogen-bond acceptors (Lipinski definition) is 3. The number of anilines is 1. The molecule has 1 saturated heterocycles. The number of hydrogen-bond donors (Lipinski definition) is 1. The van der Waals surface area contributed by atoms with E-state index in [0.717, 1.165) is 23.0 Å². The number of ether oxygens (including phenoxy) is 1. The Labute approximate surface area is 115 Å². The number of halogens is 1. The van der Waals surface area contributed by atoms with Crippen molar-refractivity contribution in [2.75, 3.05) is 24.6 Å². The lowest BCUT2D eigenvalue weighted by Crippen LogP contribution is -2.47. The minimum absolute atomic E-state index is 0.00546. The molecule has 1 fully saturated rings. The molecule has 98 valence electrons. The molecule has 18 heavy (non-hydrogen) atoms. The molecule has 0 radical (unpaired) electrons. The first-order valence-corrected chi connectivity index (χ1v) is 6.88. The molecule has 0 aliphatic carbocycles. The van der Waals surface area contributed by atoms with E-state index < -0.39 is 0 Å². The van der Waals surface area contributed by atoms with Gasteiger partial charge in [0.1, 0.15) is 6.61 Å². The summed E-state index contributed by atoms with van der Waals surface area (Å²) in [5, 5.41) is 0. The second-order valence-electron chi connectivity index (χ2n) is 4.32. The van der Waals surface area contributed by atoms with E-state index in [4.69, 9.17) is 10.5 Å². The monoisotopic (exact) mass is 312 g/mol. The molecule has 1 atom stereocenters. The Hall–Kier alpha value is -0.910. The van der Waals surface area contributed by atoms with E-state index in [2.05, 4.69) is 15.9 Å². The van der Waals surface area contributed by atoms with Crippen LogP contribution in [0.5, 0.6) is 0 Å². The first-order valence-electron chi connectivity index (χ1n) is 6.09. The normalized spacial score (nSPS) is 20.2. The number of carbonyl (C=O) groups is 1. The fraction of sp³-hybridized carbons (Fsp3) is 0.462. The van der Waals surface area contributed by atoms with Gasteiger partial charge in [0.05, 0.1) is 18.3 Å². The van der Waals surface area contributed by atoms with Crippen molar-refractivity contribution < 1.29 is 9.53 Å². The van der Waals surface area contributed by atoms with Crippen LogP contribution in [-0.4, -0.2) is 31.7 Å². The van der Waals surface area contributed by atoms with E-state index in [-0.39, 0.29) is 18.6 Å². The molecule has 1 aliphatic rings. The minimum Gasteiger partial charge on any atom is -0.367 e. The van der Waals surface area contributed by atoms with Crippen LogP contribution in [0, 0.1) is 0 Å². The summed E-state index contributed by atoms with van der Waals surface area (Å²) in [7, 11) is 0.